The third-order valence-corrected chi connectivity index (χ3v) is 3.95. The molecule has 1 amide bonds. The molecule has 0 aliphatic carbocycles. The van der Waals surface area contributed by atoms with E-state index in [0.717, 1.165) is 34.8 Å². The van der Waals surface area contributed by atoms with Gasteiger partial charge in [-0.05, 0) is 30.2 Å². The molecule has 0 bridgehead atoms. The molecular weight excluding hydrogens is 276 g/mol. The van der Waals surface area contributed by atoms with Crippen LogP contribution in [0.3, 0.4) is 0 Å². The monoisotopic (exact) mass is 296 g/mol. The van der Waals surface area contributed by atoms with E-state index < -0.39 is 0 Å². The zero-order chi connectivity index (χ0) is 15.5. The summed E-state index contributed by atoms with van der Waals surface area (Å²) in [6, 6.07) is 13.7. The number of fused-ring (bicyclic) bond motifs is 1. The van der Waals surface area contributed by atoms with Crippen molar-refractivity contribution in [2.75, 3.05) is 30.4 Å². The molecule has 2 aromatic carbocycles. The van der Waals surface area contributed by atoms with Gasteiger partial charge in [0, 0.05) is 18.8 Å². The first-order valence-electron chi connectivity index (χ1n) is 7.46. The van der Waals surface area contributed by atoms with Gasteiger partial charge in [0.15, 0.2) is 0 Å². The van der Waals surface area contributed by atoms with Crippen molar-refractivity contribution in [3.8, 4) is 5.75 Å². The van der Waals surface area contributed by atoms with Crippen molar-refractivity contribution < 1.29 is 9.53 Å². The van der Waals surface area contributed by atoms with Crippen molar-refractivity contribution in [3.63, 3.8) is 0 Å². The minimum Gasteiger partial charge on any atom is -0.489 e. The highest BCUT2D eigenvalue weighted by atomic mass is 16.5. The molecule has 22 heavy (non-hydrogen) atoms. The first-order chi connectivity index (χ1) is 10.6. The Kier molecular flexibility index (Phi) is 4.00. The van der Waals surface area contributed by atoms with Gasteiger partial charge < -0.3 is 15.0 Å². The molecule has 4 heteroatoms. The summed E-state index contributed by atoms with van der Waals surface area (Å²) in [7, 11) is 2.04. The third-order valence-electron chi connectivity index (χ3n) is 3.95. The van der Waals surface area contributed by atoms with Crippen LogP contribution in [0.1, 0.15) is 11.1 Å². The minimum absolute atomic E-state index is 0.0154. The predicted molar refractivity (Wildman–Crippen MR) is 88.7 cm³/mol. The van der Waals surface area contributed by atoms with Crippen molar-refractivity contribution in [1.29, 1.82) is 0 Å². The summed E-state index contributed by atoms with van der Waals surface area (Å²) < 4.78 is 5.66. The Labute approximate surface area is 130 Å². The topological polar surface area (TPSA) is 41.6 Å². The van der Waals surface area contributed by atoms with E-state index in [4.69, 9.17) is 4.74 Å². The number of hydrogen-bond donors (Lipinski definition) is 1. The van der Waals surface area contributed by atoms with Gasteiger partial charge in [-0.3, -0.25) is 4.79 Å². The molecule has 0 fully saturated rings. The van der Waals surface area contributed by atoms with Crippen LogP contribution >= 0.6 is 0 Å². The number of nitrogens with zero attached hydrogens (tertiary/aromatic N) is 1. The maximum atomic E-state index is 12.2. The highest BCUT2D eigenvalue weighted by molar-refractivity contribution is 5.93. The molecule has 0 aromatic heterocycles. The van der Waals surface area contributed by atoms with Gasteiger partial charge in [-0.2, -0.15) is 0 Å². The van der Waals surface area contributed by atoms with E-state index >= 15 is 0 Å². The number of amides is 1. The number of hydrogen-bond acceptors (Lipinski definition) is 3. The van der Waals surface area contributed by atoms with E-state index in [1.165, 1.54) is 0 Å². The fourth-order valence-electron chi connectivity index (χ4n) is 2.62. The van der Waals surface area contributed by atoms with Crippen LogP contribution in [-0.4, -0.2) is 26.1 Å². The Balaban J connectivity index is 1.71. The van der Waals surface area contributed by atoms with Crippen LogP contribution in [0.2, 0.25) is 0 Å². The van der Waals surface area contributed by atoms with Crippen LogP contribution < -0.4 is 15.0 Å². The van der Waals surface area contributed by atoms with Crippen LogP contribution in [-0.2, 0) is 11.2 Å². The normalized spacial score (nSPS) is 13.3. The van der Waals surface area contributed by atoms with Gasteiger partial charge in [-0.25, -0.2) is 0 Å². The fourth-order valence-corrected chi connectivity index (χ4v) is 2.62. The van der Waals surface area contributed by atoms with Crippen LogP contribution in [0.15, 0.2) is 42.5 Å². The number of benzene rings is 2. The quantitative estimate of drug-likeness (QED) is 0.946. The summed E-state index contributed by atoms with van der Waals surface area (Å²) in [6.45, 7) is 3.57. The van der Waals surface area contributed by atoms with Crippen molar-refractivity contribution in [1.82, 2.24) is 0 Å². The maximum Gasteiger partial charge on any atom is 0.228 e. The first-order valence-corrected chi connectivity index (χ1v) is 7.46. The Bertz CT molecular complexity index is 697. The number of nitrogens with one attached hydrogen (secondary N) is 1. The number of ether oxygens (including phenoxy) is 1. The van der Waals surface area contributed by atoms with Crippen molar-refractivity contribution >= 4 is 17.3 Å². The predicted octanol–water partition coefficient (Wildman–Crippen LogP) is 3.00. The number of aryl methyl sites for hydroxylation is 1. The molecule has 1 heterocycles. The largest absolute Gasteiger partial charge is 0.489 e. The molecule has 0 radical (unpaired) electrons. The van der Waals surface area contributed by atoms with Gasteiger partial charge in [0.2, 0.25) is 5.91 Å². The summed E-state index contributed by atoms with van der Waals surface area (Å²) >= 11 is 0. The highest BCUT2D eigenvalue weighted by Gasteiger charge is 2.15. The lowest BCUT2D eigenvalue weighted by Gasteiger charge is -2.28. The van der Waals surface area contributed by atoms with Gasteiger partial charge >= 0.3 is 0 Å². The highest BCUT2D eigenvalue weighted by Crippen LogP contribution is 2.33. The average Bonchev–Trinajstić information content (AvgIpc) is 2.50. The Morgan fingerprint density at radius 1 is 1.27 bits per heavy atom. The van der Waals surface area contributed by atoms with Crippen LogP contribution in [0.25, 0.3) is 0 Å². The molecule has 114 valence electrons. The first kappa shape index (κ1) is 14.4. The Morgan fingerprint density at radius 3 is 2.91 bits per heavy atom. The van der Waals surface area contributed by atoms with E-state index in [2.05, 4.69) is 10.2 Å². The van der Waals surface area contributed by atoms with E-state index in [-0.39, 0.29) is 5.91 Å². The van der Waals surface area contributed by atoms with E-state index in [9.17, 15) is 4.79 Å². The molecule has 1 aliphatic rings. The number of rotatable bonds is 3. The summed E-state index contributed by atoms with van der Waals surface area (Å²) in [5.74, 6) is 0.806. The molecule has 0 atom stereocenters. The SMILES string of the molecule is Cc1ccccc1CC(=O)Nc1ccc2c(c1)OCCN2C. The zero-order valence-corrected chi connectivity index (χ0v) is 12.9. The molecule has 0 unspecified atom stereocenters. The summed E-state index contributed by atoms with van der Waals surface area (Å²) in [4.78, 5) is 14.4. The summed E-state index contributed by atoms with van der Waals surface area (Å²) in [5.41, 5.74) is 4.01. The third kappa shape index (κ3) is 3.06. The molecule has 0 saturated heterocycles. The second kappa shape index (κ2) is 6.10. The second-order valence-electron chi connectivity index (χ2n) is 5.60. The molecule has 0 spiro atoms. The average molecular weight is 296 g/mol. The van der Waals surface area contributed by atoms with Crippen molar-refractivity contribution in [2.24, 2.45) is 0 Å². The zero-order valence-electron chi connectivity index (χ0n) is 12.9. The van der Waals surface area contributed by atoms with E-state index in [0.29, 0.717) is 13.0 Å². The molecule has 3 rings (SSSR count). The van der Waals surface area contributed by atoms with Gasteiger partial charge in [0.05, 0.1) is 18.7 Å². The van der Waals surface area contributed by atoms with Gasteiger partial charge in [-0.15, -0.1) is 0 Å². The lowest BCUT2D eigenvalue weighted by molar-refractivity contribution is -0.115. The lowest BCUT2D eigenvalue weighted by Crippen LogP contribution is -2.28. The molecule has 2 aromatic rings. The molecular formula is C18H20N2O2. The van der Waals surface area contributed by atoms with Crippen LogP contribution in [0, 0.1) is 6.92 Å². The van der Waals surface area contributed by atoms with E-state index in [1.54, 1.807) is 0 Å². The molecule has 1 aliphatic heterocycles. The van der Waals surface area contributed by atoms with Crippen LogP contribution in [0.5, 0.6) is 5.75 Å². The molecule has 4 nitrogen and oxygen atoms in total. The minimum atomic E-state index is -0.0154. The van der Waals surface area contributed by atoms with Crippen molar-refractivity contribution in [3.05, 3.63) is 53.6 Å². The Morgan fingerprint density at radius 2 is 2.09 bits per heavy atom. The lowest BCUT2D eigenvalue weighted by atomic mass is 10.1. The second-order valence-corrected chi connectivity index (χ2v) is 5.60. The van der Waals surface area contributed by atoms with Gasteiger partial charge in [-0.1, -0.05) is 24.3 Å². The molecule has 1 N–H and O–H groups in total. The number of carbonyl (C=O) groups excluding carboxylic acids is 1. The standard InChI is InChI=1S/C18H20N2O2/c1-13-5-3-4-6-14(13)11-18(21)19-15-7-8-16-17(12-15)22-10-9-20(16)2/h3-8,12H,9-11H2,1-2H3,(H,19,21). The van der Waals surface area contributed by atoms with Crippen molar-refractivity contribution in [2.45, 2.75) is 13.3 Å². The van der Waals surface area contributed by atoms with E-state index in [1.807, 2.05) is 56.4 Å². The van der Waals surface area contributed by atoms with Crippen LogP contribution in [0.4, 0.5) is 11.4 Å². The smallest absolute Gasteiger partial charge is 0.228 e. The van der Waals surface area contributed by atoms with Gasteiger partial charge in [0.25, 0.3) is 0 Å². The molecule has 0 saturated carbocycles. The Hall–Kier alpha value is -2.49. The summed E-state index contributed by atoms with van der Waals surface area (Å²) in [5, 5.41) is 2.95. The number of anilines is 2. The summed E-state index contributed by atoms with van der Waals surface area (Å²) in [6.07, 6.45) is 0.379. The van der Waals surface area contributed by atoms with Gasteiger partial charge in [0.1, 0.15) is 12.4 Å². The maximum absolute atomic E-state index is 12.2. The fraction of sp³-hybridized carbons (Fsp3) is 0.278. The number of carbonyl (C=O) groups is 1. The number of likely N-dealkylation sites (N-methyl/N-ethyl adjacent to an activating group) is 1.